The van der Waals surface area contributed by atoms with E-state index in [2.05, 4.69) is 35.9 Å². The van der Waals surface area contributed by atoms with Crippen molar-refractivity contribution in [3.63, 3.8) is 0 Å². The number of anilines is 1. The lowest BCUT2D eigenvalue weighted by molar-refractivity contribution is 0.197. The number of ether oxygens (including phenoxy) is 1. The first kappa shape index (κ1) is 14.2. The van der Waals surface area contributed by atoms with E-state index >= 15 is 0 Å². The van der Waals surface area contributed by atoms with E-state index in [1.165, 1.54) is 5.69 Å². The van der Waals surface area contributed by atoms with Crippen molar-refractivity contribution >= 4 is 5.69 Å². The number of nitrogens with two attached hydrogens (primary N) is 1. The third-order valence-electron chi connectivity index (χ3n) is 3.87. The average molecular weight is 263 g/mol. The van der Waals surface area contributed by atoms with Gasteiger partial charge in [0.1, 0.15) is 5.75 Å². The van der Waals surface area contributed by atoms with E-state index in [4.69, 9.17) is 10.5 Å². The highest BCUT2D eigenvalue weighted by Gasteiger charge is 2.28. The summed E-state index contributed by atoms with van der Waals surface area (Å²) in [5.41, 5.74) is 7.11. The van der Waals surface area contributed by atoms with Gasteiger partial charge in [0.2, 0.25) is 0 Å². The highest BCUT2D eigenvalue weighted by Crippen LogP contribution is 2.24. The molecule has 0 amide bonds. The first-order chi connectivity index (χ1) is 9.15. The quantitative estimate of drug-likeness (QED) is 0.895. The van der Waals surface area contributed by atoms with E-state index in [0.717, 1.165) is 18.8 Å². The van der Waals surface area contributed by atoms with Crippen LogP contribution in [0.1, 0.15) is 13.8 Å². The molecule has 0 radical (unpaired) electrons. The summed E-state index contributed by atoms with van der Waals surface area (Å²) >= 11 is 0. The molecule has 1 heterocycles. The van der Waals surface area contributed by atoms with Gasteiger partial charge >= 0.3 is 0 Å². The van der Waals surface area contributed by atoms with Gasteiger partial charge in [0.15, 0.2) is 0 Å². The summed E-state index contributed by atoms with van der Waals surface area (Å²) in [6.45, 7) is 7.72. The molecule has 1 aliphatic rings. The van der Waals surface area contributed by atoms with Gasteiger partial charge in [-0.15, -0.1) is 0 Å². The summed E-state index contributed by atoms with van der Waals surface area (Å²) in [6.07, 6.45) is 0. The minimum atomic E-state index is 0.433. The Morgan fingerprint density at radius 1 is 1.26 bits per heavy atom. The van der Waals surface area contributed by atoms with Crippen molar-refractivity contribution in [1.82, 2.24) is 4.90 Å². The number of nitrogens with zero attached hydrogens (tertiary/aromatic N) is 2. The standard InChI is InChI=1S/C15H25N3O/c1-4-19-15-7-5-13(6-8-15)18-11-14(9-16)17(3)10-12(18)2/h5-8,12,14H,4,9-11,16H2,1-3H3. The molecule has 0 aliphatic carbocycles. The van der Waals surface area contributed by atoms with Crippen LogP contribution in [-0.4, -0.2) is 50.3 Å². The fourth-order valence-electron chi connectivity index (χ4n) is 2.73. The van der Waals surface area contributed by atoms with Crippen LogP contribution in [-0.2, 0) is 0 Å². The van der Waals surface area contributed by atoms with E-state index in [-0.39, 0.29) is 0 Å². The maximum Gasteiger partial charge on any atom is 0.119 e. The molecule has 2 unspecified atom stereocenters. The molecule has 1 saturated heterocycles. The molecule has 2 atom stereocenters. The summed E-state index contributed by atoms with van der Waals surface area (Å²) in [5, 5.41) is 0. The van der Waals surface area contributed by atoms with Crippen LogP contribution in [0.15, 0.2) is 24.3 Å². The molecular weight excluding hydrogens is 238 g/mol. The Balaban J connectivity index is 2.11. The molecule has 4 heteroatoms. The second-order valence-electron chi connectivity index (χ2n) is 5.26. The van der Waals surface area contributed by atoms with Crippen LogP contribution in [0.2, 0.25) is 0 Å². The normalized spacial score (nSPS) is 24.5. The van der Waals surface area contributed by atoms with Crippen LogP contribution in [0.25, 0.3) is 0 Å². The van der Waals surface area contributed by atoms with Crippen molar-refractivity contribution in [1.29, 1.82) is 0 Å². The third-order valence-corrected chi connectivity index (χ3v) is 3.87. The molecule has 4 nitrogen and oxygen atoms in total. The number of benzene rings is 1. The maximum absolute atomic E-state index is 5.85. The number of hydrogen-bond acceptors (Lipinski definition) is 4. The molecule has 0 saturated carbocycles. The third kappa shape index (κ3) is 3.19. The maximum atomic E-state index is 5.85. The van der Waals surface area contributed by atoms with Crippen LogP contribution < -0.4 is 15.4 Å². The van der Waals surface area contributed by atoms with Crippen molar-refractivity contribution < 1.29 is 4.74 Å². The Hall–Kier alpha value is -1.26. The molecule has 1 fully saturated rings. The van der Waals surface area contributed by atoms with Gasteiger partial charge in [-0.05, 0) is 45.2 Å². The number of piperazine rings is 1. The van der Waals surface area contributed by atoms with Crippen LogP contribution in [0.5, 0.6) is 5.75 Å². The van der Waals surface area contributed by atoms with E-state index in [1.54, 1.807) is 0 Å². The van der Waals surface area contributed by atoms with Crippen LogP contribution in [0.3, 0.4) is 0 Å². The fourth-order valence-corrected chi connectivity index (χ4v) is 2.73. The molecule has 2 rings (SSSR count). The van der Waals surface area contributed by atoms with Gasteiger partial charge < -0.3 is 15.4 Å². The van der Waals surface area contributed by atoms with Gasteiger partial charge in [0.25, 0.3) is 0 Å². The lowest BCUT2D eigenvalue weighted by atomic mass is 10.1. The first-order valence-corrected chi connectivity index (χ1v) is 7.05. The molecule has 0 bridgehead atoms. The highest BCUT2D eigenvalue weighted by atomic mass is 16.5. The number of hydrogen-bond donors (Lipinski definition) is 1. The highest BCUT2D eigenvalue weighted by molar-refractivity contribution is 5.50. The monoisotopic (exact) mass is 263 g/mol. The fraction of sp³-hybridized carbons (Fsp3) is 0.600. The second-order valence-corrected chi connectivity index (χ2v) is 5.26. The molecular formula is C15H25N3O. The molecule has 19 heavy (non-hydrogen) atoms. The van der Waals surface area contributed by atoms with Crippen LogP contribution in [0, 0.1) is 0 Å². The van der Waals surface area contributed by atoms with Crippen molar-refractivity contribution in [3.05, 3.63) is 24.3 Å². The largest absolute Gasteiger partial charge is 0.494 e. The predicted octanol–water partition coefficient (Wildman–Crippen LogP) is 1.55. The second kappa shape index (κ2) is 6.26. The molecule has 0 spiro atoms. The minimum Gasteiger partial charge on any atom is -0.494 e. The average Bonchev–Trinajstić information content (AvgIpc) is 2.41. The Morgan fingerprint density at radius 2 is 1.95 bits per heavy atom. The van der Waals surface area contributed by atoms with E-state index in [1.807, 2.05) is 19.1 Å². The summed E-state index contributed by atoms with van der Waals surface area (Å²) in [7, 11) is 2.16. The lowest BCUT2D eigenvalue weighted by Gasteiger charge is -2.44. The zero-order valence-corrected chi connectivity index (χ0v) is 12.2. The van der Waals surface area contributed by atoms with Crippen LogP contribution in [0.4, 0.5) is 5.69 Å². The van der Waals surface area contributed by atoms with Gasteiger partial charge in [0, 0.05) is 37.4 Å². The van der Waals surface area contributed by atoms with Gasteiger partial charge in [-0.25, -0.2) is 0 Å². The Morgan fingerprint density at radius 3 is 2.53 bits per heavy atom. The van der Waals surface area contributed by atoms with E-state index in [0.29, 0.717) is 25.2 Å². The summed E-state index contributed by atoms with van der Waals surface area (Å²) in [5.74, 6) is 0.934. The van der Waals surface area contributed by atoms with Gasteiger partial charge in [-0.1, -0.05) is 0 Å². The molecule has 1 aromatic rings. The zero-order valence-electron chi connectivity index (χ0n) is 12.2. The van der Waals surface area contributed by atoms with Gasteiger partial charge in [-0.2, -0.15) is 0 Å². The van der Waals surface area contributed by atoms with Crippen molar-refractivity contribution in [3.8, 4) is 5.75 Å². The SMILES string of the molecule is CCOc1ccc(N2CC(CN)N(C)CC2C)cc1. The van der Waals surface area contributed by atoms with Crippen molar-refractivity contribution in [2.75, 3.05) is 38.2 Å². The minimum absolute atomic E-state index is 0.433. The molecule has 0 aromatic heterocycles. The predicted molar refractivity (Wildman–Crippen MR) is 79.9 cm³/mol. The molecule has 2 N–H and O–H groups in total. The van der Waals surface area contributed by atoms with Gasteiger partial charge in [-0.3, -0.25) is 4.90 Å². The first-order valence-electron chi connectivity index (χ1n) is 7.05. The zero-order chi connectivity index (χ0) is 13.8. The van der Waals surface area contributed by atoms with E-state index in [9.17, 15) is 0 Å². The summed E-state index contributed by atoms with van der Waals surface area (Å²) < 4.78 is 5.49. The summed E-state index contributed by atoms with van der Waals surface area (Å²) in [4.78, 5) is 4.79. The Labute approximate surface area is 116 Å². The Bertz CT molecular complexity index is 393. The smallest absolute Gasteiger partial charge is 0.119 e. The molecule has 1 aromatic carbocycles. The van der Waals surface area contributed by atoms with Crippen molar-refractivity contribution in [2.45, 2.75) is 25.9 Å². The number of likely N-dealkylation sites (N-methyl/N-ethyl adjacent to an activating group) is 1. The summed E-state index contributed by atoms with van der Waals surface area (Å²) in [6, 6.07) is 9.30. The van der Waals surface area contributed by atoms with Crippen LogP contribution >= 0.6 is 0 Å². The number of rotatable bonds is 4. The van der Waals surface area contributed by atoms with Gasteiger partial charge in [0.05, 0.1) is 6.61 Å². The molecule has 1 aliphatic heterocycles. The van der Waals surface area contributed by atoms with E-state index < -0.39 is 0 Å². The Kier molecular flexibility index (Phi) is 4.66. The molecule has 106 valence electrons. The van der Waals surface area contributed by atoms with Crippen molar-refractivity contribution in [2.24, 2.45) is 5.73 Å². The topological polar surface area (TPSA) is 41.7 Å². The lowest BCUT2D eigenvalue weighted by Crippen LogP contribution is -2.58.